The van der Waals surface area contributed by atoms with Crippen LogP contribution >= 0.6 is 28.1 Å². The van der Waals surface area contributed by atoms with Crippen molar-refractivity contribution in [3.8, 4) is 11.6 Å². The molecular weight excluding hydrogens is 319 g/mol. The molecule has 92 valence electrons. The maximum absolute atomic E-state index is 13.2. The molecular formula is C12H8BrFN2OS. The van der Waals surface area contributed by atoms with Gasteiger partial charge in [0.15, 0.2) is 0 Å². The fourth-order valence-corrected chi connectivity index (χ4v) is 1.96. The van der Waals surface area contributed by atoms with Crippen molar-refractivity contribution in [2.24, 2.45) is 5.73 Å². The summed E-state index contributed by atoms with van der Waals surface area (Å²) in [7, 11) is 0. The van der Waals surface area contributed by atoms with Crippen LogP contribution in [0.4, 0.5) is 4.39 Å². The summed E-state index contributed by atoms with van der Waals surface area (Å²) in [6.45, 7) is 0. The highest BCUT2D eigenvalue weighted by Gasteiger charge is 2.09. The quantitative estimate of drug-likeness (QED) is 0.878. The molecule has 2 aromatic rings. The number of thiocarbonyl (C=S) groups is 1. The van der Waals surface area contributed by atoms with E-state index in [0.717, 1.165) is 0 Å². The van der Waals surface area contributed by atoms with Crippen LogP contribution in [-0.4, -0.2) is 9.97 Å². The molecule has 2 rings (SSSR count). The van der Waals surface area contributed by atoms with Gasteiger partial charge in [-0.3, -0.25) is 0 Å². The van der Waals surface area contributed by atoms with E-state index >= 15 is 0 Å². The summed E-state index contributed by atoms with van der Waals surface area (Å²) in [6, 6.07) is 7.60. The average molecular weight is 327 g/mol. The van der Waals surface area contributed by atoms with Gasteiger partial charge < -0.3 is 10.5 Å². The smallest absolute Gasteiger partial charge is 0.229 e. The third kappa shape index (κ3) is 3.02. The van der Waals surface area contributed by atoms with E-state index in [1.54, 1.807) is 24.4 Å². The van der Waals surface area contributed by atoms with Gasteiger partial charge in [0.05, 0.1) is 5.56 Å². The Morgan fingerprint density at radius 1 is 1.39 bits per heavy atom. The van der Waals surface area contributed by atoms with Gasteiger partial charge in [-0.25, -0.2) is 9.37 Å². The van der Waals surface area contributed by atoms with Gasteiger partial charge in [0, 0.05) is 16.7 Å². The molecule has 1 aromatic carbocycles. The molecule has 0 unspecified atom stereocenters. The largest absolute Gasteiger partial charge is 0.438 e. The van der Waals surface area contributed by atoms with Gasteiger partial charge in [0.25, 0.3) is 0 Å². The lowest BCUT2D eigenvalue weighted by Crippen LogP contribution is -2.11. The molecule has 3 nitrogen and oxygen atoms in total. The molecule has 18 heavy (non-hydrogen) atoms. The monoisotopic (exact) mass is 326 g/mol. The van der Waals surface area contributed by atoms with Crippen LogP contribution in [0.1, 0.15) is 5.56 Å². The fraction of sp³-hybridized carbons (Fsp3) is 0. The van der Waals surface area contributed by atoms with E-state index in [-0.39, 0.29) is 10.9 Å². The second-order valence-corrected chi connectivity index (χ2v) is 4.78. The summed E-state index contributed by atoms with van der Waals surface area (Å²) < 4.78 is 19.3. The second kappa shape index (κ2) is 5.41. The lowest BCUT2D eigenvalue weighted by molar-refractivity contribution is 0.457. The van der Waals surface area contributed by atoms with Crippen molar-refractivity contribution < 1.29 is 9.13 Å². The Morgan fingerprint density at radius 3 is 2.83 bits per heavy atom. The first-order chi connectivity index (χ1) is 8.56. The predicted molar refractivity (Wildman–Crippen MR) is 74.3 cm³/mol. The molecule has 0 aliphatic carbocycles. The molecule has 0 atom stereocenters. The first-order valence-corrected chi connectivity index (χ1v) is 6.15. The van der Waals surface area contributed by atoms with Gasteiger partial charge in [0.1, 0.15) is 16.6 Å². The van der Waals surface area contributed by atoms with Crippen molar-refractivity contribution in [2.45, 2.75) is 0 Å². The number of halogens is 2. The zero-order valence-electron chi connectivity index (χ0n) is 9.06. The lowest BCUT2D eigenvalue weighted by Gasteiger charge is -2.09. The average Bonchev–Trinajstić information content (AvgIpc) is 2.27. The van der Waals surface area contributed by atoms with Crippen molar-refractivity contribution in [2.75, 3.05) is 0 Å². The van der Waals surface area contributed by atoms with E-state index in [2.05, 4.69) is 20.9 Å². The lowest BCUT2D eigenvalue weighted by atomic mass is 10.2. The zero-order valence-corrected chi connectivity index (χ0v) is 11.5. The highest BCUT2D eigenvalue weighted by Crippen LogP contribution is 2.26. The molecule has 2 N–H and O–H groups in total. The van der Waals surface area contributed by atoms with Crippen LogP contribution < -0.4 is 10.5 Å². The number of hydrogen-bond donors (Lipinski definition) is 1. The summed E-state index contributed by atoms with van der Waals surface area (Å²) in [6.07, 6.45) is 1.55. The number of hydrogen-bond acceptors (Lipinski definition) is 3. The van der Waals surface area contributed by atoms with Crippen molar-refractivity contribution in [1.82, 2.24) is 4.98 Å². The number of rotatable bonds is 3. The maximum Gasteiger partial charge on any atom is 0.229 e. The Morgan fingerprint density at radius 2 is 2.17 bits per heavy atom. The Bertz CT molecular complexity index is 586. The van der Waals surface area contributed by atoms with Crippen LogP contribution in [-0.2, 0) is 0 Å². The van der Waals surface area contributed by atoms with E-state index in [1.165, 1.54) is 12.1 Å². The minimum atomic E-state index is -0.410. The zero-order chi connectivity index (χ0) is 13.1. The van der Waals surface area contributed by atoms with Crippen LogP contribution in [0, 0.1) is 5.82 Å². The minimum absolute atomic E-state index is 0.175. The number of benzene rings is 1. The Balaban J connectivity index is 2.37. The summed E-state index contributed by atoms with van der Waals surface area (Å²) >= 11 is 8.07. The normalized spacial score (nSPS) is 10.1. The molecule has 0 bridgehead atoms. The molecule has 0 fully saturated rings. The van der Waals surface area contributed by atoms with Gasteiger partial charge in [-0.05, 0) is 24.3 Å². The number of nitrogens with two attached hydrogens (primary N) is 1. The van der Waals surface area contributed by atoms with E-state index in [9.17, 15) is 4.39 Å². The number of nitrogens with zero attached hydrogens (tertiary/aromatic N) is 1. The first kappa shape index (κ1) is 12.9. The van der Waals surface area contributed by atoms with Gasteiger partial charge in [-0.2, -0.15) is 0 Å². The standard InChI is InChI=1S/C12H8BrFN2OS/c13-7-4-8(14)6-9(5-7)17-12-10(11(15)18)2-1-3-16-12/h1-6H,(H2,15,18). The van der Waals surface area contributed by atoms with Crippen LogP contribution in [0.15, 0.2) is 41.0 Å². The Kier molecular flexibility index (Phi) is 3.88. The maximum atomic E-state index is 13.2. The summed E-state index contributed by atoms with van der Waals surface area (Å²) in [5.74, 6) is 0.160. The minimum Gasteiger partial charge on any atom is -0.438 e. The molecule has 0 amide bonds. The van der Waals surface area contributed by atoms with E-state index in [4.69, 9.17) is 22.7 Å². The number of ether oxygens (including phenoxy) is 1. The molecule has 0 saturated carbocycles. The SMILES string of the molecule is NC(=S)c1cccnc1Oc1cc(F)cc(Br)c1. The predicted octanol–water partition coefficient (Wildman–Crippen LogP) is 3.41. The van der Waals surface area contributed by atoms with Crippen molar-refractivity contribution in [1.29, 1.82) is 0 Å². The van der Waals surface area contributed by atoms with E-state index in [0.29, 0.717) is 15.8 Å². The molecule has 0 radical (unpaired) electrons. The van der Waals surface area contributed by atoms with E-state index < -0.39 is 5.82 Å². The van der Waals surface area contributed by atoms with Crippen LogP contribution in [0.3, 0.4) is 0 Å². The van der Waals surface area contributed by atoms with Crippen LogP contribution in [0.25, 0.3) is 0 Å². The summed E-state index contributed by atoms with van der Waals surface area (Å²) in [4.78, 5) is 4.20. The molecule has 0 aliphatic rings. The third-order valence-corrected chi connectivity index (χ3v) is 2.76. The molecule has 1 aromatic heterocycles. The van der Waals surface area contributed by atoms with Crippen molar-refractivity contribution in [3.63, 3.8) is 0 Å². The number of aromatic nitrogens is 1. The summed E-state index contributed by atoms with van der Waals surface area (Å²) in [5, 5.41) is 0. The van der Waals surface area contributed by atoms with Gasteiger partial charge in [-0.1, -0.05) is 28.1 Å². The van der Waals surface area contributed by atoms with E-state index in [1.807, 2.05) is 0 Å². The third-order valence-electron chi connectivity index (χ3n) is 2.09. The van der Waals surface area contributed by atoms with Crippen molar-refractivity contribution >= 4 is 33.1 Å². The molecule has 0 aliphatic heterocycles. The molecule has 0 saturated heterocycles. The number of pyridine rings is 1. The molecule has 6 heteroatoms. The molecule has 0 spiro atoms. The second-order valence-electron chi connectivity index (χ2n) is 3.43. The highest BCUT2D eigenvalue weighted by molar-refractivity contribution is 9.10. The topological polar surface area (TPSA) is 48.1 Å². The highest BCUT2D eigenvalue weighted by atomic mass is 79.9. The first-order valence-electron chi connectivity index (χ1n) is 4.95. The van der Waals surface area contributed by atoms with Crippen LogP contribution in [0.5, 0.6) is 11.6 Å². The van der Waals surface area contributed by atoms with Gasteiger partial charge >= 0.3 is 0 Å². The Hall–Kier alpha value is -1.53. The Labute approximate surface area is 117 Å². The van der Waals surface area contributed by atoms with Crippen LogP contribution in [0.2, 0.25) is 0 Å². The molecule has 1 heterocycles. The fourth-order valence-electron chi connectivity index (χ4n) is 1.36. The summed E-state index contributed by atoms with van der Waals surface area (Å²) in [5.41, 5.74) is 6.06. The van der Waals surface area contributed by atoms with Crippen molar-refractivity contribution in [3.05, 3.63) is 52.4 Å². The van der Waals surface area contributed by atoms with Gasteiger partial charge in [0.2, 0.25) is 5.88 Å². The van der Waals surface area contributed by atoms with Gasteiger partial charge in [-0.15, -0.1) is 0 Å².